The Bertz CT molecular complexity index is 1530. The van der Waals surface area contributed by atoms with E-state index in [1.165, 1.54) is 9.18 Å². The van der Waals surface area contributed by atoms with E-state index < -0.39 is 10.0 Å². The molecule has 0 fully saturated rings. The molecule has 0 bridgehead atoms. The summed E-state index contributed by atoms with van der Waals surface area (Å²) in [5, 5.41) is 3.88. The normalized spacial score (nSPS) is 15.7. The highest BCUT2D eigenvalue weighted by Crippen LogP contribution is 2.38. The van der Waals surface area contributed by atoms with E-state index in [1.807, 2.05) is 42.2 Å². The van der Waals surface area contributed by atoms with Crippen molar-refractivity contribution in [3.8, 4) is 0 Å². The van der Waals surface area contributed by atoms with E-state index in [4.69, 9.17) is 4.74 Å². The van der Waals surface area contributed by atoms with E-state index in [1.54, 1.807) is 30.6 Å². The van der Waals surface area contributed by atoms with E-state index in [0.717, 1.165) is 33.9 Å². The van der Waals surface area contributed by atoms with Crippen LogP contribution >= 0.6 is 11.3 Å². The van der Waals surface area contributed by atoms with Crippen molar-refractivity contribution in [3.05, 3.63) is 99.7 Å². The molecular weight excluding hydrogens is 516 g/mol. The summed E-state index contributed by atoms with van der Waals surface area (Å²) in [6.45, 7) is 2.97. The number of nitrogens with zero attached hydrogens (tertiary/aromatic N) is 2. The Labute approximate surface area is 228 Å². The predicted octanol–water partition coefficient (Wildman–Crippen LogP) is 5.41. The molecule has 1 aliphatic rings. The average Bonchev–Trinajstić information content (AvgIpc) is 3.41. The largest absolute Gasteiger partial charge is 0.385 e. The first-order valence-electron chi connectivity index (χ1n) is 12.8. The molecule has 1 unspecified atom stereocenters. The van der Waals surface area contributed by atoms with Crippen LogP contribution in [0.5, 0.6) is 0 Å². The van der Waals surface area contributed by atoms with Gasteiger partial charge in [-0.25, -0.2) is 8.42 Å². The highest BCUT2D eigenvalue weighted by Gasteiger charge is 2.35. The van der Waals surface area contributed by atoms with Crippen LogP contribution in [0.15, 0.2) is 83.1 Å². The number of aryl methyl sites for hydroxylation is 1. The Morgan fingerprint density at radius 2 is 1.82 bits per heavy atom. The first kappa shape index (κ1) is 26.6. The van der Waals surface area contributed by atoms with E-state index in [-0.39, 0.29) is 29.9 Å². The number of ether oxygens (including phenoxy) is 1. The lowest BCUT2D eigenvalue weighted by Crippen LogP contribution is -2.47. The molecular formula is C30H32N2O4S2. The van der Waals surface area contributed by atoms with Crippen LogP contribution in [0.2, 0.25) is 0 Å². The lowest BCUT2D eigenvalue weighted by Gasteiger charge is -2.37. The summed E-state index contributed by atoms with van der Waals surface area (Å²) in [5.74, 6) is -0.200. The third kappa shape index (κ3) is 5.40. The lowest BCUT2D eigenvalue weighted by molar-refractivity contribution is -0.133. The first-order chi connectivity index (χ1) is 18.4. The minimum Gasteiger partial charge on any atom is -0.385 e. The zero-order valence-electron chi connectivity index (χ0n) is 21.7. The van der Waals surface area contributed by atoms with Gasteiger partial charge in [0.05, 0.1) is 17.5 Å². The second-order valence-corrected chi connectivity index (χ2v) is 12.6. The molecule has 0 saturated heterocycles. The van der Waals surface area contributed by atoms with Crippen molar-refractivity contribution in [3.63, 3.8) is 0 Å². The maximum atomic E-state index is 13.9. The number of carbonyl (C=O) groups excluding carboxylic acids is 1. The molecule has 6 nitrogen and oxygen atoms in total. The number of carbonyl (C=O) groups is 1. The van der Waals surface area contributed by atoms with Gasteiger partial charge in [-0.2, -0.15) is 4.31 Å². The summed E-state index contributed by atoms with van der Waals surface area (Å²) in [5.41, 5.74) is 3.31. The van der Waals surface area contributed by atoms with Crippen LogP contribution in [0.1, 0.15) is 34.0 Å². The van der Waals surface area contributed by atoms with Crippen LogP contribution < -0.4 is 0 Å². The van der Waals surface area contributed by atoms with Crippen LogP contribution in [0.25, 0.3) is 10.8 Å². The minimum absolute atomic E-state index is 0.190. The molecule has 0 spiro atoms. The van der Waals surface area contributed by atoms with E-state index in [2.05, 4.69) is 35.7 Å². The summed E-state index contributed by atoms with van der Waals surface area (Å²) in [6, 6.07) is 22.9. The van der Waals surface area contributed by atoms with Crippen LogP contribution in [0.4, 0.5) is 0 Å². The summed E-state index contributed by atoms with van der Waals surface area (Å²) >= 11 is 1.71. The van der Waals surface area contributed by atoms with Crippen LogP contribution in [-0.2, 0) is 26.0 Å². The minimum atomic E-state index is -3.91. The van der Waals surface area contributed by atoms with Gasteiger partial charge in [-0.3, -0.25) is 4.79 Å². The molecule has 1 atom stereocenters. The molecule has 0 aliphatic carbocycles. The van der Waals surface area contributed by atoms with E-state index in [9.17, 15) is 13.2 Å². The molecule has 198 valence electrons. The van der Waals surface area contributed by atoms with Gasteiger partial charge < -0.3 is 9.64 Å². The average molecular weight is 549 g/mol. The van der Waals surface area contributed by atoms with Crippen molar-refractivity contribution in [2.75, 3.05) is 33.4 Å². The molecule has 38 heavy (non-hydrogen) atoms. The Kier molecular flexibility index (Phi) is 7.95. The predicted molar refractivity (Wildman–Crippen MR) is 152 cm³/mol. The molecule has 3 aromatic carbocycles. The maximum Gasteiger partial charge on any atom is 0.243 e. The zero-order valence-corrected chi connectivity index (χ0v) is 23.3. The number of hydrogen-bond donors (Lipinski definition) is 0. The van der Waals surface area contributed by atoms with E-state index >= 15 is 0 Å². The quantitative estimate of drug-likeness (QED) is 0.262. The molecule has 1 amide bonds. The summed E-state index contributed by atoms with van der Waals surface area (Å²) < 4.78 is 34.2. The summed E-state index contributed by atoms with van der Waals surface area (Å²) in [7, 11) is -2.32. The maximum absolute atomic E-state index is 13.9. The Morgan fingerprint density at radius 1 is 1.05 bits per heavy atom. The van der Waals surface area contributed by atoms with E-state index in [0.29, 0.717) is 19.6 Å². The molecule has 0 radical (unpaired) electrons. The molecule has 8 heteroatoms. The van der Waals surface area contributed by atoms with Gasteiger partial charge in [0.1, 0.15) is 0 Å². The lowest BCUT2D eigenvalue weighted by atomic mass is 9.92. The molecule has 5 rings (SSSR count). The second kappa shape index (κ2) is 11.4. The van der Waals surface area contributed by atoms with Crippen molar-refractivity contribution in [1.82, 2.24) is 9.21 Å². The summed E-state index contributed by atoms with van der Waals surface area (Å²) in [4.78, 5) is 17.2. The fourth-order valence-corrected chi connectivity index (χ4v) is 7.45. The number of hydrogen-bond acceptors (Lipinski definition) is 5. The number of thiophene rings is 1. The second-order valence-electron chi connectivity index (χ2n) is 9.64. The van der Waals surface area contributed by atoms with Crippen molar-refractivity contribution in [2.24, 2.45) is 0 Å². The Balaban J connectivity index is 1.46. The van der Waals surface area contributed by atoms with Gasteiger partial charge in [-0.1, -0.05) is 60.2 Å². The van der Waals surface area contributed by atoms with Gasteiger partial charge in [-0.05, 0) is 65.2 Å². The van der Waals surface area contributed by atoms with Gasteiger partial charge in [0.25, 0.3) is 0 Å². The van der Waals surface area contributed by atoms with Crippen molar-refractivity contribution >= 4 is 38.0 Å². The molecule has 4 aromatic rings. The third-order valence-electron chi connectivity index (χ3n) is 7.11. The highest BCUT2D eigenvalue weighted by molar-refractivity contribution is 7.89. The van der Waals surface area contributed by atoms with Gasteiger partial charge in [0, 0.05) is 31.7 Å². The van der Waals surface area contributed by atoms with Crippen LogP contribution in [0, 0.1) is 6.92 Å². The van der Waals surface area contributed by atoms with Crippen LogP contribution in [-0.4, -0.2) is 56.9 Å². The molecule has 1 aromatic heterocycles. The standard InChI is InChI=1S/C30H32N2O4S2/c1-22-8-10-24(11-9-22)30-27-15-19-37-28(27)14-17-32(30)29(33)21-31(16-5-18-36-2)38(34,35)26-13-12-23-6-3-4-7-25(23)20-26/h3-4,6-13,15,19-20,30H,5,14,16-18,21H2,1-2H3. The number of benzene rings is 3. The Hall–Kier alpha value is -3.04. The third-order valence-corrected chi connectivity index (χ3v) is 9.94. The number of amides is 1. The number of fused-ring (bicyclic) bond motifs is 2. The monoisotopic (exact) mass is 548 g/mol. The van der Waals surface area contributed by atoms with Crippen molar-refractivity contribution < 1.29 is 17.9 Å². The van der Waals surface area contributed by atoms with Crippen molar-refractivity contribution in [1.29, 1.82) is 0 Å². The fourth-order valence-electron chi connectivity index (χ4n) is 5.08. The molecule has 2 heterocycles. The summed E-state index contributed by atoms with van der Waals surface area (Å²) in [6.07, 6.45) is 1.26. The SMILES string of the molecule is COCCCN(CC(=O)N1CCc2sccc2C1c1ccc(C)cc1)S(=O)(=O)c1ccc2ccccc2c1. The highest BCUT2D eigenvalue weighted by atomic mass is 32.2. The Morgan fingerprint density at radius 3 is 2.58 bits per heavy atom. The zero-order chi connectivity index (χ0) is 26.7. The van der Waals surface area contributed by atoms with Gasteiger partial charge in [0.15, 0.2) is 0 Å². The number of sulfonamides is 1. The smallest absolute Gasteiger partial charge is 0.243 e. The van der Waals surface area contributed by atoms with Gasteiger partial charge in [0.2, 0.25) is 15.9 Å². The van der Waals surface area contributed by atoms with Crippen LogP contribution in [0.3, 0.4) is 0 Å². The van der Waals surface area contributed by atoms with Crippen molar-refractivity contribution in [2.45, 2.75) is 30.7 Å². The first-order valence-corrected chi connectivity index (χ1v) is 15.1. The van der Waals surface area contributed by atoms with Gasteiger partial charge in [-0.15, -0.1) is 11.3 Å². The topological polar surface area (TPSA) is 66.9 Å². The number of rotatable bonds is 9. The molecule has 0 saturated carbocycles. The molecule has 0 N–H and O–H groups in total. The number of methoxy groups -OCH3 is 1. The van der Waals surface area contributed by atoms with Gasteiger partial charge >= 0.3 is 0 Å². The molecule has 1 aliphatic heterocycles. The fraction of sp³-hybridized carbons (Fsp3) is 0.300.